The van der Waals surface area contributed by atoms with Crippen LogP contribution in [0.1, 0.15) is 44.1 Å². The van der Waals surface area contributed by atoms with Crippen molar-refractivity contribution < 1.29 is 14.3 Å². The van der Waals surface area contributed by atoms with E-state index in [1.807, 2.05) is 38.1 Å². The molecule has 0 amide bonds. The number of hydrogen-bond donors (Lipinski definition) is 0. The second kappa shape index (κ2) is 8.14. The number of imidazole rings is 1. The normalized spacial score (nSPS) is 14.5. The Morgan fingerprint density at radius 3 is 2.70 bits per heavy atom. The van der Waals surface area contributed by atoms with E-state index >= 15 is 0 Å². The summed E-state index contributed by atoms with van der Waals surface area (Å²) in [6, 6.07) is 7.63. The first-order chi connectivity index (χ1) is 14.4. The lowest BCUT2D eigenvalue weighted by Gasteiger charge is -2.30. The fourth-order valence-electron chi connectivity index (χ4n) is 4.11. The number of pyridine rings is 1. The van der Waals surface area contributed by atoms with Crippen molar-refractivity contribution in [1.82, 2.24) is 14.5 Å². The fourth-order valence-corrected chi connectivity index (χ4v) is 4.31. The van der Waals surface area contributed by atoms with Crippen molar-refractivity contribution in [2.45, 2.75) is 46.3 Å². The number of aryl methyl sites for hydroxylation is 2. The number of halogens is 1. The van der Waals surface area contributed by atoms with Crippen LogP contribution in [0.5, 0.6) is 5.88 Å². The van der Waals surface area contributed by atoms with E-state index in [-0.39, 0.29) is 12.1 Å². The van der Waals surface area contributed by atoms with Gasteiger partial charge in [0.1, 0.15) is 11.6 Å². The summed E-state index contributed by atoms with van der Waals surface area (Å²) >= 11 is 6.54. The summed E-state index contributed by atoms with van der Waals surface area (Å²) in [7, 11) is 1.61. The highest BCUT2D eigenvalue weighted by molar-refractivity contribution is 6.35. The van der Waals surface area contributed by atoms with Gasteiger partial charge in [0.2, 0.25) is 11.8 Å². The fraction of sp³-hybridized carbons (Fsp3) is 0.409. The summed E-state index contributed by atoms with van der Waals surface area (Å²) in [5.41, 5.74) is 4.43. The Balaban J connectivity index is 1.89. The molecule has 3 aromatic rings. The number of nitrogens with zero attached hydrogens (tertiary/aromatic N) is 4. The number of esters is 1. The molecule has 1 unspecified atom stereocenters. The van der Waals surface area contributed by atoms with Gasteiger partial charge in [-0.3, -0.25) is 4.79 Å². The van der Waals surface area contributed by atoms with Crippen molar-refractivity contribution in [3.63, 3.8) is 0 Å². The minimum atomic E-state index is -0.345. The van der Waals surface area contributed by atoms with Gasteiger partial charge in [0.25, 0.3) is 0 Å². The van der Waals surface area contributed by atoms with Crippen molar-refractivity contribution in [2.24, 2.45) is 0 Å². The number of hydrogen-bond acceptors (Lipinski definition) is 6. The van der Waals surface area contributed by atoms with Crippen LogP contribution >= 0.6 is 11.6 Å². The molecule has 3 heterocycles. The highest BCUT2D eigenvalue weighted by Crippen LogP contribution is 2.39. The zero-order chi connectivity index (χ0) is 21.4. The quantitative estimate of drug-likeness (QED) is 0.535. The van der Waals surface area contributed by atoms with Crippen LogP contribution in [0.4, 0.5) is 11.6 Å². The molecule has 0 radical (unpaired) electrons. The summed E-state index contributed by atoms with van der Waals surface area (Å²) in [5, 5.41) is 0.581. The van der Waals surface area contributed by atoms with Crippen molar-refractivity contribution in [3.8, 4) is 5.88 Å². The topological polar surface area (TPSA) is 69.5 Å². The molecular formula is C22H25ClN4O3. The van der Waals surface area contributed by atoms with Crippen molar-refractivity contribution >= 4 is 40.2 Å². The molecule has 0 fully saturated rings. The van der Waals surface area contributed by atoms with Gasteiger partial charge in [0.05, 0.1) is 29.0 Å². The zero-order valence-corrected chi connectivity index (χ0v) is 18.4. The molecule has 4 rings (SSSR count). The molecule has 0 N–H and O–H groups in total. The molecular weight excluding hydrogens is 404 g/mol. The third kappa shape index (κ3) is 3.47. The van der Waals surface area contributed by atoms with Gasteiger partial charge in [-0.1, -0.05) is 24.6 Å². The van der Waals surface area contributed by atoms with Crippen LogP contribution in [0.2, 0.25) is 5.02 Å². The molecule has 2 aromatic heterocycles. The molecule has 0 bridgehead atoms. The Labute approximate surface area is 180 Å². The van der Waals surface area contributed by atoms with Crippen LogP contribution < -0.4 is 9.64 Å². The van der Waals surface area contributed by atoms with Crippen LogP contribution in [0, 0.1) is 6.92 Å². The number of benzene rings is 1. The van der Waals surface area contributed by atoms with Crippen molar-refractivity contribution in [3.05, 3.63) is 40.5 Å². The average molecular weight is 429 g/mol. The van der Waals surface area contributed by atoms with Gasteiger partial charge < -0.3 is 18.9 Å². The van der Waals surface area contributed by atoms with E-state index in [1.165, 1.54) is 6.92 Å². The summed E-state index contributed by atoms with van der Waals surface area (Å²) < 4.78 is 13.0. The van der Waals surface area contributed by atoms with Gasteiger partial charge in [0, 0.05) is 31.6 Å². The second-order valence-electron chi connectivity index (χ2n) is 7.37. The molecule has 0 saturated heterocycles. The maximum atomic E-state index is 11.6. The van der Waals surface area contributed by atoms with Gasteiger partial charge in [-0.2, -0.15) is 0 Å². The largest absolute Gasteiger partial charge is 0.481 e. The summed E-state index contributed by atoms with van der Waals surface area (Å²) in [6.07, 6.45) is 1.27. The molecule has 1 aliphatic rings. The molecule has 158 valence electrons. The van der Waals surface area contributed by atoms with Gasteiger partial charge in [-0.15, -0.1) is 0 Å². The molecule has 1 aromatic carbocycles. The van der Waals surface area contributed by atoms with Gasteiger partial charge >= 0.3 is 5.97 Å². The Bertz CT molecular complexity index is 1110. The molecule has 0 spiro atoms. The first-order valence-corrected chi connectivity index (χ1v) is 10.5. The van der Waals surface area contributed by atoms with E-state index in [0.717, 1.165) is 53.4 Å². The molecule has 0 saturated carbocycles. The predicted molar refractivity (Wildman–Crippen MR) is 117 cm³/mol. The van der Waals surface area contributed by atoms with E-state index in [1.54, 1.807) is 7.11 Å². The minimum absolute atomic E-state index is 0.301. The Morgan fingerprint density at radius 2 is 2.03 bits per heavy atom. The average Bonchev–Trinajstić information content (AvgIpc) is 3.13. The summed E-state index contributed by atoms with van der Waals surface area (Å²) in [6.45, 7) is 7.04. The number of fused-ring (bicyclic) bond motifs is 3. The van der Waals surface area contributed by atoms with Gasteiger partial charge in [-0.25, -0.2) is 9.97 Å². The van der Waals surface area contributed by atoms with E-state index in [2.05, 4.69) is 14.5 Å². The van der Waals surface area contributed by atoms with Gasteiger partial charge in [-0.05, 0) is 31.9 Å². The predicted octanol–water partition coefficient (Wildman–Crippen LogP) is 4.96. The van der Waals surface area contributed by atoms with Crippen LogP contribution in [0.3, 0.4) is 0 Å². The van der Waals surface area contributed by atoms with E-state index in [0.29, 0.717) is 17.3 Å². The lowest BCUT2D eigenvalue weighted by Crippen LogP contribution is -2.29. The summed E-state index contributed by atoms with van der Waals surface area (Å²) in [4.78, 5) is 23.2. The molecule has 1 aliphatic heterocycles. The second-order valence-corrected chi connectivity index (χ2v) is 7.77. The highest BCUT2D eigenvalue weighted by Gasteiger charge is 2.28. The molecule has 7 nitrogen and oxygen atoms in total. The SMILES string of the molecule is CCC(OC(C)=O)c1ccc(Cl)c2nc3n(c12)CCCN3c1ccc(OC)nc1C. The molecule has 30 heavy (non-hydrogen) atoms. The molecule has 8 heteroatoms. The zero-order valence-electron chi connectivity index (χ0n) is 17.6. The van der Waals surface area contributed by atoms with Crippen molar-refractivity contribution in [2.75, 3.05) is 18.6 Å². The lowest BCUT2D eigenvalue weighted by molar-refractivity contribution is -0.146. The monoisotopic (exact) mass is 428 g/mol. The van der Waals surface area contributed by atoms with E-state index in [9.17, 15) is 4.79 Å². The lowest BCUT2D eigenvalue weighted by atomic mass is 10.0. The van der Waals surface area contributed by atoms with E-state index in [4.69, 9.17) is 26.1 Å². The Kier molecular flexibility index (Phi) is 5.56. The first kappa shape index (κ1) is 20.5. The standard InChI is InChI=1S/C22H25ClN4O3/c1-5-18(30-14(3)28)15-7-8-16(23)20-21(15)27-12-6-11-26(22(27)25-20)17-9-10-19(29-4)24-13(17)2/h7-10,18H,5-6,11-12H2,1-4H3. The van der Waals surface area contributed by atoms with Crippen LogP contribution in [-0.4, -0.2) is 34.2 Å². The maximum absolute atomic E-state index is 11.6. The Morgan fingerprint density at radius 1 is 1.23 bits per heavy atom. The van der Waals surface area contributed by atoms with Crippen LogP contribution in [-0.2, 0) is 16.1 Å². The highest BCUT2D eigenvalue weighted by atomic mass is 35.5. The Hall–Kier alpha value is -2.80. The summed E-state index contributed by atoms with van der Waals surface area (Å²) in [5.74, 6) is 1.10. The number of rotatable bonds is 5. The number of carbonyl (C=O) groups is 1. The number of ether oxygens (including phenoxy) is 2. The number of anilines is 2. The first-order valence-electron chi connectivity index (χ1n) is 10.1. The maximum Gasteiger partial charge on any atom is 0.303 e. The molecule has 0 aliphatic carbocycles. The number of carbonyl (C=O) groups excluding carboxylic acids is 1. The third-order valence-corrected chi connectivity index (χ3v) is 5.72. The molecule has 1 atom stereocenters. The van der Waals surface area contributed by atoms with Gasteiger partial charge in [0.15, 0.2) is 0 Å². The number of aromatic nitrogens is 3. The third-order valence-electron chi connectivity index (χ3n) is 5.42. The van der Waals surface area contributed by atoms with E-state index < -0.39 is 0 Å². The van der Waals surface area contributed by atoms with Crippen LogP contribution in [0.15, 0.2) is 24.3 Å². The smallest absolute Gasteiger partial charge is 0.303 e. The minimum Gasteiger partial charge on any atom is -0.481 e. The van der Waals surface area contributed by atoms with Crippen LogP contribution in [0.25, 0.3) is 11.0 Å². The van der Waals surface area contributed by atoms with Crippen molar-refractivity contribution in [1.29, 1.82) is 0 Å². The number of methoxy groups -OCH3 is 1.